The van der Waals surface area contributed by atoms with Gasteiger partial charge in [0.1, 0.15) is 11.7 Å². The molecule has 0 saturated carbocycles. The van der Waals surface area contributed by atoms with Crippen LogP contribution in [-0.2, 0) is 9.59 Å². The van der Waals surface area contributed by atoms with E-state index >= 15 is 0 Å². The van der Waals surface area contributed by atoms with Crippen LogP contribution in [0.2, 0.25) is 0 Å². The Morgan fingerprint density at radius 3 is 2.15 bits per heavy atom. The lowest BCUT2D eigenvalue weighted by Gasteiger charge is -2.07. The largest absolute Gasteiger partial charge is 0.480 e. The molecule has 0 unspecified atom stereocenters. The summed E-state index contributed by atoms with van der Waals surface area (Å²) >= 11 is 0. The SMILES string of the molecule is CC(=O)[C@@H](C(=O)O)c1ccccc1. The quantitative estimate of drug-likeness (QED) is 0.712. The molecule has 0 saturated heterocycles. The van der Waals surface area contributed by atoms with E-state index in [1.165, 1.54) is 6.92 Å². The highest BCUT2D eigenvalue weighted by Gasteiger charge is 2.23. The van der Waals surface area contributed by atoms with Gasteiger partial charge in [-0.2, -0.15) is 0 Å². The number of aliphatic carboxylic acids is 1. The minimum atomic E-state index is -1.10. The third kappa shape index (κ3) is 2.15. The third-order valence-electron chi connectivity index (χ3n) is 1.79. The zero-order valence-corrected chi connectivity index (χ0v) is 7.23. The Bertz CT molecular complexity index is 302. The van der Waals surface area contributed by atoms with Gasteiger partial charge < -0.3 is 5.11 Å². The van der Waals surface area contributed by atoms with Gasteiger partial charge in [0.2, 0.25) is 0 Å². The van der Waals surface area contributed by atoms with E-state index in [-0.39, 0.29) is 5.78 Å². The van der Waals surface area contributed by atoms with Gasteiger partial charge in [0.05, 0.1) is 0 Å². The number of benzene rings is 1. The van der Waals surface area contributed by atoms with Crippen LogP contribution in [0.25, 0.3) is 0 Å². The summed E-state index contributed by atoms with van der Waals surface area (Å²) in [5.41, 5.74) is 0.530. The minimum absolute atomic E-state index is 0.348. The maximum absolute atomic E-state index is 11.0. The Morgan fingerprint density at radius 2 is 1.77 bits per heavy atom. The average Bonchev–Trinajstić information content (AvgIpc) is 2.04. The highest BCUT2D eigenvalue weighted by atomic mass is 16.4. The number of carbonyl (C=O) groups excluding carboxylic acids is 1. The summed E-state index contributed by atoms with van der Waals surface area (Å²) in [6.45, 7) is 1.28. The molecule has 0 aliphatic carbocycles. The van der Waals surface area contributed by atoms with E-state index in [1.54, 1.807) is 30.3 Å². The normalized spacial score (nSPS) is 12.1. The van der Waals surface area contributed by atoms with Crippen molar-refractivity contribution in [1.29, 1.82) is 0 Å². The first-order valence-electron chi connectivity index (χ1n) is 3.91. The van der Waals surface area contributed by atoms with Gasteiger partial charge in [-0.1, -0.05) is 30.3 Å². The summed E-state index contributed by atoms with van der Waals surface area (Å²) in [7, 11) is 0. The molecule has 0 fully saturated rings. The van der Waals surface area contributed by atoms with E-state index in [0.29, 0.717) is 5.56 Å². The van der Waals surface area contributed by atoms with E-state index < -0.39 is 11.9 Å². The van der Waals surface area contributed by atoms with Gasteiger partial charge in [0.25, 0.3) is 0 Å². The molecule has 0 radical (unpaired) electrons. The molecule has 0 amide bonds. The smallest absolute Gasteiger partial charge is 0.318 e. The first kappa shape index (κ1) is 9.45. The van der Waals surface area contributed by atoms with E-state index in [0.717, 1.165) is 0 Å². The van der Waals surface area contributed by atoms with Crippen molar-refractivity contribution in [3.8, 4) is 0 Å². The fraction of sp³-hybridized carbons (Fsp3) is 0.200. The monoisotopic (exact) mass is 178 g/mol. The van der Waals surface area contributed by atoms with Gasteiger partial charge in [-0.25, -0.2) is 0 Å². The first-order chi connectivity index (χ1) is 6.13. The van der Waals surface area contributed by atoms with Crippen LogP contribution in [-0.4, -0.2) is 16.9 Å². The van der Waals surface area contributed by atoms with Gasteiger partial charge in [0.15, 0.2) is 0 Å². The topological polar surface area (TPSA) is 54.4 Å². The highest BCUT2D eigenvalue weighted by Crippen LogP contribution is 2.16. The van der Waals surface area contributed by atoms with Crippen LogP contribution in [0, 0.1) is 0 Å². The number of carboxylic acid groups (broad SMARTS) is 1. The molecule has 0 aromatic heterocycles. The van der Waals surface area contributed by atoms with Crippen LogP contribution in [0.1, 0.15) is 18.4 Å². The van der Waals surface area contributed by atoms with Crippen LogP contribution < -0.4 is 0 Å². The summed E-state index contributed by atoms with van der Waals surface area (Å²) < 4.78 is 0. The Morgan fingerprint density at radius 1 is 1.23 bits per heavy atom. The second kappa shape index (κ2) is 3.85. The van der Waals surface area contributed by atoms with Crippen LogP contribution in [0.3, 0.4) is 0 Å². The Kier molecular flexibility index (Phi) is 2.80. The minimum Gasteiger partial charge on any atom is -0.480 e. The number of hydrogen-bond donors (Lipinski definition) is 1. The van der Waals surface area contributed by atoms with E-state index in [9.17, 15) is 9.59 Å². The third-order valence-corrected chi connectivity index (χ3v) is 1.79. The molecule has 13 heavy (non-hydrogen) atoms. The van der Waals surface area contributed by atoms with Crippen molar-refractivity contribution in [3.05, 3.63) is 35.9 Å². The van der Waals surface area contributed by atoms with E-state index in [2.05, 4.69) is 0 Å². The summed E-state index contributed by atoms with van der Waals surface area (Å²) in [4.78, 5) is 21.7. The summed E-state index contributed by atoms with van der Waals surface area (Å²) in [5.74, 6) is -2.47. The summed E-state index contributed by atoms with van der Waals surface area (Å²) in [6.07, 6.45) is 0. The molecule has 68 valence electrons. The first-order valence-corrected chi connectivity index (χ1v) is 3.91. The zero-order chi connectivity index (χ0) is 9.84. The second-order valence-corrected chi connectivity index (χ2v) is 2.79. The maximum Gasteiger partial charge on any atom is 0.318 e. The molecule has 1 aromatic rings. The molecule has 1 atom stereocenters. The number of hydrogen-bond acceptors (Lipinski definition) is 2. The predicted octanol–water partition coefficient (Wildman–Crippen LogP) is 1.44. The number of rotatable bonds is 3. The lowest BCUT2D eigenvalue weighted by atomic mass is 9.96. The Labute approximate surface area is 76.0 Å². The van der Waals surface area contributed by atoms with Gasteiger partial charge in [-0.15, -0.1) is 0 Å². The maximum atomic E-state index is 11.0. The fourth-order valence-electron chi connectivity index (χ4n) is 1.20. The predicted molar refractivity (Wildman–Crippen MR) is 47.5 cm³/mol. The van der Waals surface area contributed by atoms with Gasteiger partial charge in [-0.05, 0) is 12.5 Å². The van der Waals surface area contributed by atoms with Crippen molar-refractivity contribution in [2.75, 3.05) is 0 Å². The molecule has 0 aliphatic heterocycles. The summed E-state index contributed by atoms with van der Waals surface area (Å²) in [5, 5.41) is 8.78. The molecule has 0 bridgehead atoms. The van der Waals surface area contributed by atoms with Crippen molar-refractivity contribution in [1.82, 2.24) is 0 Å². The van der Waals surface area contributed by atoms with Crippen LogP contribution in [0.15, 0.2) is 30.3 Å². The summed E-state index contributed by atoms with van der Waals surface area (Å²) in [6, 6.07) is 8.49. The molecule has 3 heteroatoms. The molecule has 3 nitrogen and oxygen atoms in total. The molecule has 0 spiro atoms. The van der Waals surface area contributed by atoms with E-state index in [1.807, 2.05) is 0 Å². The van der Waals surface area contributed by atoms with Crippen molar-refractivity contribution < 1.29 is 14.7 Å². The lowest BCUT2D eigenvalue weighted by Crippen LogP contribution is -2.18. The molecular formula is C10H10O3. The van der Waals surface area contributed by atoms with Crippen molar-refractivity contribution in [2.45, 2.75) is 12.8 Å². The highest BCUT2D eigenvalue weighted by molar-refractivity contribution is 6.02. The zero-order valence-electron chi connectivity index (χ0n) is 7.23. The van der Waals surface area contributed by atoms with Gasteiger partial charge >= 0.3 is 5.97 Å². The molecule has 0 heterocycles. The lowest BCUT2D eigenvalue weighted by molar-refractivity contribution is -0.142. The molecular weight excluding hydrogens is 168 g/mol. The molecule has 1 aromatic carbocycles. The Hall–Kier alpha value is -1.64. The van der Waals surface area contributed by atoms with Crippen LogP contribution in [0.4, 0.5) is 0 Å². The Balaban J connectivity index is 3.03. The van der Waals surface area contributed by atoms with Crippen LogP contribution in [0.5, 0.6) is 0 Å². The fourth-order valence-corrected chi connectivity index (χ4v) is 1.20. The van der Waals surface area contributed by atoms with Crippen LogP contribution >= 0.6 is 0 Å². The number of carbonyl (C=O) groups is 2. The molecule has 0 aliphatic rings. The van der Waals surface area contributed by atoms with Crippen molar-refractivity contribution in [2.24, 2.45) is 0 Å². The number of carboxylic acids is 1. The van der Waals surface area contributed by atoms with E-state index in [4.69, 9.17) is 5.11 Å². The van der Waals surface area contributed by atoms with Gasteiger partial charge in [-0.3, -0.25) is 9.59 Å². The number of ketones is 1. The number of Topliss-reactive ketones (excluding diaryl/α,β-unsaturated/α-hetero) is 1. The van der Waals surface area contributed by atoms with Crippen molar-refractivity contribution in [3.63, 3.8) is 0 Å². The second-order valence-electron chi connectivity index (χ2n) is 2.79. The average molecular weight is 178 g/mol. The van der Waals surface area contributed by atoms with Crippen molar-refractivity contribution >= 4 is 11.8 Å². The van der Waals surface area contributed by atoms with Gasteiger partial charge in [0, 0.05) is 0 Å². The molecule has 1 rings (SSSR count). The standard InChI is InChI=1S/C10H10O3/c1-7(11)9(10(12)13)8-5-3-2-4-6-8/h2-6,9H,1H3,(H,12,13)/t9-/m1/s1. The molecule has 1 N–H and O–H groups in total.